The minimum atomic E-state index is -0.894. The molecule has 0 aliphatic carbocycles. The minimum Gasteiger partial charge on any atom is -0.393 e. The van der Waals surface area contributed by atoms with Gasteiger partial charge in [0.15, 0.2) is 0 Å². The van der Waals surface area contributed by atoms with Crippen molar-refractivity contribution in [2.24, 2.45) is 0 Å². The molecule has 2 aliphatic rings. The van der Waals surface area contributed by atoms with Crippen molar-refractivity contribution in [3.05, 3.63) is 0 Å². The molecule has 0 spiro atoms. The van der Waals surface area contributed by atoms with Crippen molar-refractivity contribution >= 4 is 15.9 Å². The van der Waals surface area contributed by atoms with Crippen LogP contribution >= 0.6 is 15.9 Å². The second-order valence-corrected chi connectivity index (χ2v) is 5.48. The van der Waals surface area contributed by atoms with Gasteiger partial charge in [-0.2, -0.15) is 0 Å². The largest absolute Gasteiger partial charge is 0.393 e. The van der Waals surface area contributed by atoms with Crippen molar-refractivity contribution in [2.75, 3.05) is 26.4 Å². The highest BCUT2D eigenvalue weighted by atomic mass is 79.9. The Kier molecular flexibility index (Phi) is 3.59. The molecule has 94 valence electrons. The number of ether oxygens (including phenoxy) is 2. The van der Waals surface area contributed by atoms with Crippen LogP contribution in [0.2, 0.25) is 0 Å². The second-order valence-electron chi connectivity index (χ2n) is 4.49. The summed E-state index contributed by atoms with van der Waals surface area (Å²) in [6.45, 7) is 0.756. The summed E-state index contributed by atoms with van der Waals surface area (Å²) in [5, 5.41) is 28.8. The van der Waals surface area contributed by atoms with Gasteiger partial charge >= 0.3 is 0 Å². The molecule has 0 aromatic heterocycles. The smallest absolute Gasteiger partial charge is 0.120 e. The predicted molar refractivity (Wildman–Crippen MR) is 59.5 cm³/mol. The summed E-state index contributed by atoms with van der Waals surface area (Å²) in [6, 6.07) is 0. The minimum absolute atomic E-state index is 0.151. The normalized spacial score (nSPS) is 42.0. The lowest BCUT2D eigenvalue weighted by Crippen LogP contribution is -2.66. The summed E-state index contributed by atoms with van der Waals surface area (Å²) in [5.41, 5.74) is -1.63. The molecule has 3 N–H and O–H groups in total. The van der Waals surface area contributed by atoms with Crippen molar-refractivity contribution in [2.45, 2.75) is 35.0 Å². The van der Waals surface area contributed by atoms with Crippen molar-refractivity contribution < 1.29 is 24.8 Å². The van der Waals surface area contributed by atoms with Crippen molar-refractivity contribution in [1.29, 1.82) is 0 Å². The molecule has 0 amide bonds. The first-order valence-electron chi connectivity index (χ1n) is 5.42. The highest BCUT2D eigenvalue weighted by molar-refractivity contribution is 9.09. The zero-order valence-corrected chi connectivity index (χ0v) is 10.5. The summed E-state index contributed by atoms with van der Waals surface area (Å²) < 4.78 is 10.7. The first-order valence-corrected chi connectivity index (χ1v) is 6.34. The van der Waals surface area contributed by atoms with Gasteiger partial charge in [0, 0.05) is 12.8 Å². The fraction of sp³-hybridized carbons (Fsp3) is 1.00. The molecule has 2 aliphatic heterocycles. The van der Waals surface area contributed by atoms with E-state index in [0.717, 1.165) is 0 Å². The van der Waals surface area contributed by atoms with E-state index in [1.165, 1.54) is 0 Å². The Balaban J connectivity index is 2.06. The van der Waals surface area contributed by atoms with Crippen LogP contribution in [0.3, 0.4) is 0 Å². The van der Waals surface area contributed by atoms with Crippen molar-refractivity contribution in [3.63, 3.8) is 0 Å². The summed E-state index contributed by atoms with van der Waals surface area (Å²) in [6.07, 6.45) is 0.422. The van der Waals surface area contributed by atoms with Gasteiger partial charge in [-0.1, -0.05) is 15.9 Å². The number of alkyl halides is 1. The lowest BCUT2D eigenvalue weighted by molar-refractivity contribution is -0.247. The Morgan fingerprint density at radius 3 is 1.75 bits per heavy atom. The quantitative estimate of drug-likeness (QED) is 0.591. The van der Waals surface area contributed by atoms with E-state index in [1.54, 1.807) is 0 Å². The molecular weight excluding hydrogens is 280 g/mol. The van der Waals surface area contributed by atoms with Gasteiger partial charge in [-0.3, -0.25) is 0 Å². The summed E-state index contributed by atoms with van der Waals surface area (Å²) in [5.74, 6) is 0. The lowest BCUT2D eigenvalue weighted by atomic mass is 9.79. The second kappa shape index (κ2) is 4.51. The van der Waals surface area contributed by atoms with Crippen molar-refractivity contribution in [3.8, 4) is 0 Å². The molecule has 0 bridgehead atoms. The van der Waals surface area contributed by atoms with Gasteiger partial charge < -0.3 is 24.8 Å². The number of aliphatic hydroxyl groups is 3. The molecule has 0 radical (unpaired) electrons. The maximum Gasteiger partial charge on any atom is 0.120 e. The van der Waals surface area contributed by atoms with E-state index in [1.807, 2.05) is 0 Å². The summed E-state index contributed by atoms with van der Waals surface area (Å²) >= 11 is 3.36. The van der Waals surface area contributed by atoms with Gasteiger partial charge in [-0.05, 0) is 0 Å². The zero-order valence-electron chi connectivity index (χ0n) is 8.93. The third-order valence-electron chi connectivity index (χ3n) is 3.68. The van der Waals surface area contributed by atoms with Crippen LogP contribution < -0.4 is 0 Å². The zero-order chi connectivity index (χ0) is 11.8. The van der Waals surface area contributed by atoms with Crippen LogP contribution in [0.15, 0.2) is 0 Å². The first kappa shape index (κ1) is 12.7. The van der Waals surface area contributed by atoms with Crippen LogP contribution in [0.25, 0.3) is 0 Å². The van der Waals surface area contributed by atoms with Crippen LogP contribution in [-0.4, -0.2) is 63.9 Å². The molecule has 6 heteroatoms. The van der Waals surface area contributed by atoms with Gasteiger partial charge in [0.1, 0.15) is 17.3 Å². The number of aliphatic hydroxyl groups excluding tert-OH is 3. The van der Waals surface area contributed by atoms with Crippen LogP contribution in [0.4, 0.5) is 0 Å². The topological polar surface area (TPSA) is 79.2 Å². The van der Waals surface area contributed by atoms with E-state index in [0.29, 0.717) is 26.1 Å². The summed E-state index contributed by atoms with van der Waals surface area (Å²) in [4.78, 5) is -0.439. The average molecular weight is 297 g/mol. The molecule has 2 rings (SSSR count). The highest BCUT2D eigenvalue weighted by Gasteiger charge is 2.55. The predicted octanol–water partition coefficient (Wildman–Crippen LogP) is -0.586. The SMILES string of the molecule is OCC1(C(O)C(Br)C2(CO)CCO2)CCO1. The first-order chi connectivity index (χ1) is 7.60. The molecule has 0 aromatic rings. The fourth-order valence-electron chi connectivity index (χ4n) is 2.16. The van der Waals surface area contributed by atoms with Gasteiger partial charge in [0.2, 0.25) is 0 Å². The molecule has 4 unspecified atom stereocenters. The van der Waals surface area contributed by atoms with E-state index in [4.69, 9.17) is 9.47 Å². The third-order valence-corrected chi connectivity index (χ3v) is 5.02. The molecule has 5 nitrogen and oxygen atoms in total. The maximum absolute atomic E-state index is 10.2. The molecule has 2 heterocycles. The molecule has 16 heavy (non-hydrogen) atoms. The summed E-state index contributed by atoms with van der Waals surface area (Å²) in [7, 11) is 0. The number of hydrogen-bond donors (Lipinski definition) is 3. The molecule has 4 atom stereocenters. The maximum atomic E-state index is 10.2. The Labute approximate surface area is 102 Å². The lowest BCUT2D eigenvalue weighted by Gasteiger charge is -2.51. The Hall–Kier alpha value is 0.280. The Morgan fingerprint density at radius 1 is 1.06 bits per heavy atom. The van der Waals surface area contributed by atoms with E-state index >= 15 is 0 Å². The van der Waals surface area contributed by atoms with Crippen LogP contribution in [0.1, 0.15) is 12.8 Å². The molecule has 0 aromatic carbocycles. The van der Waals surface area contributed by atoms with Crippen LogP contribution in [0.5, 0.6) is 0 Å². The molecule has 2 saturated heterocycles. The van der Waals surface area contributed by atoms with Crippen molar-refractivity contribution in [1.82, 2.24) is 0 Å². The van der Waals surface area contributed by atoms with Gasteiger partial charge in [-0.15, -0.1) is 0 Å². The Morgan fingerprint density at radius 2 is 1.50 bits per heavy atom. The van der Waals surface area contributed by atoms with E-state index in [-0.39, 0.29) is 13.2 Å². The third kappa shape index (κ3) is 1.72. The van der Waals surface area contributed by atoms with Gasteiger partial charge in [-0.25, -0.2) is 0 Å². The number of halogens is 1. The molecule has 2 fully saturated rings. The van der Waals surface area contributed by atoms with E-state index in [2.05, 4.69) is 15.9 Å². The van der Waals surface area contributed by atoms with Crippen LogP contribution in [-0.2, 0) is 9.47 Å². The fourth-order valence-corrected chi connectivity index (χ4v) is 3.15. The average Bonchev–Trinajstić information content (AvgIpc) is 2.15. The van der Waals surface area contributed by atoms with E-state index < -0.39 is 22.1 Å². The standard InChI is InChI=1S/C10H17BrO5/c11-7(9(5-12)1-3-15-9)8(14)10(6-13)2-4-16-10/h7-8,12-14H,1-6H2. The van der Waals surface area contributed by atoms with Gasteiger partial charge in [0.05, 0.1) is 31.3 Å². The Bertz CT molecular complexity index is 215. The highest BCUT2D eigenvalue weighted by Crippen LogP contribution is 2.42. The molecule has 0 saturated carbocycles. The van der Waals surface area contributed by atoms with E-state index in [9.17, 15) is 15.3 Å². The van der Waals surface area contributed by atoms with Gasteiger partial charge in [0.25, 0.3) is 0 Å². The number of hydrogen-bond acceptors (Lipinski definition) is 5. The monoisotopic (exact) mass is 296 g/mol. The number of rotatable bonds is 5. The van der Waals surface area contributed by atoms with Crippen LogP contribution in [0, 0.1) is 0 Å². The molecular formula is C10H17BrO5.